The van der Waals surface area contributed by atoms with Gasteiger partial charge in [0.2, 0.25) is 11.8 Å². The van der Waals surface area contributed by atoms with Crippen LogP contribution in [0.3, 0.4) is 0 Å². The Kier molecular flexibility index (Phi) is 1.66. The fourth-order valence-electron chi connectivity index (χ4n) is 2.39. The average Bonchev–Trinajstić information content (AvgIpc) is 2.75. The van der Waals surface area contributed by atoms with Gasteiger partial charge in [0.15, 0.2) is 0 Å². The normalized spacial score (nSPS) is 36.2. The molecule has 1 N–H and O–H groups in total. The Morgan fingerprint density at radius 1 is 1.50 bits per heavy atom. The van der Waals surface area contributed by atoms with Gasteiger partial charge in [0.25, 0.3) is 0 Å². The van der Waals surface area contributed by atoms with Crippen molar-refractivity contribution in [1.29, 1.82) is 0 Å². The summed E-state index contributed by atoms with van der Waals surface area (Å²) in [7, 11) is 0. The van der Waals surface area contributed by atoms with Gasteiger partial charge in [-0.2, -0.15) is 0 Å². The van der Waals surface area contributed by atoms with E-state index in [9.17, 15) is 0 Å². The van der Waals surface area contributed by atoms with Crippen LogP contribution in [-0.4, -0.2) is 36.5 Å². The Labute approximate surface area is 81.8 Å². The molecule has 0 bridgehead atoms. The predicted octanol–water partition coefficient (Wildman–Crippen LogP) is -0.135. The molecule has 5 nitrogen and oxygen atoms in total. The molecule has 0 radical (unpaired) electrons. The van der Waals surface area contributed by atoms with Crippen LogP contribution in [0.15, 0.2) is 4.42 Å². The van der Waals surface area contributed by atoms with Crippen molar-refractivity contribution < 1.29 is 9.15 Å². The molecule has 3 rings (SSSR count). The lowest BCUT2D eigenvalue weighted by molar-refractivity contribution is 0.164. The molecule has 0 aliphatic carbocycles. The van der Waals surface area contributed by atoms with Crippen LogP contribution in [0.25, 0.3) is 0 Å². The van der Waals surface area contributed by atoms with Gasteiger partial charge in [-0.3, -0.25) is 0 Å². The first-order valence-electron chi connectivity index (χ1n) is 4.90. The van der Waals surface area contributed by atoms with E-state index in [0.29, 0.717) is 18.4 Å². The number of nitrogens with one attached hydrogen (secondary N) is 1. The highest BCUT2D eigenvalue weighted by molar-refractivity contribution is 5.15. The molecule has 1 aromatic rings. The average molecular weight is 195 g/mol. The van der Waals surface area contributed by atoms with E-state index in [0.717, 1.165) is 25.6 Å². The van der Waals surface area contributed by atoms with Crippen molar-refractivity contribution in [2.45, 2.75) is 12.3 Å². The zero-order valence-electron chi connectivity index (χ0n) is 8.12. The van der Waals surface area contributed by atoms with Gasteiger partial charge in [-0.05, 0) is 0 Å². The standard InChI is InChI=1S/C9H13N3O2/c1-6-11-12-8(14-6)9-4-10-2-7(9)3-13-5-9/h7,10H,2-5H2,1H3/t7-,9-/m0/s1. The van der Waals surface area contributed by atoms with E-state index in [2.05, 4.69) is 15.5 Å². The summed E-state index contributed by atoms with van der Waals surface area (Å²) < 4.78 is 11.0. The molecule has 0 unspecified atom stereocenters. The third-order valence-corrected chi connectivity index (χ3v) is 3.24. The van der Waals surface area contributed by atoms with E-state index in [1.165, 1.54) is 0 Å². The van der Waals surface area contributed by atoms with E-state index < -0.39 is 0 Å². The molecule has 1 aromatic heterocycles. The van der Waals surface area contributed by atoms with Crippen LogP contribution >= 0.6 is 0 Å². The lowest BCUT2D eigenvalue weighted by Gasteiger charge is -2.20. The van der Waals surface area contributed by atoms with Crippen LogP contribution < -0.4 is 5.32 Å². The molecule has 2 aliphatic rings. The van der Waals surface area contributed by atoms with Gasteiger partial charge >= 0.3 is 0 Å². The van der Waals surface area contributed by atoms with Crippen LogP contribution in [0.1, 0.15) is 11.8 Å². The molecule has 76 valence electrons. The zero-order chi connectivity index (χ0) is 9.60. The lowest BCUT2D eigenvalue weighted by atomic mass is 9.81. The maximum absolute atomic E-state index is 5.53. The number of hydrogen-bond acceptors (Lipinski definition) is 5. The number of rotatable bonds is 1. The first-order chi connectivity index (χ1) is 6.81. The fourth-order valence-corrected chi connectivity index (χ4v) is 2.39. The van der Waals surface area contributed by atoms with Crippen molar-refractivity contribution in [3.8, 4) is 0 Å². The summed E-state index contributed by atoms with van der Waals surface area (Å²) in [6.07, 6.45) is 0. The molecule has 0 spiro atoms. The fraction of sp³-hybridized carbons (Fsp3) is 0.778. The van der Waals surface area contributed by atoms with Crippen molar-refractivity contribution in [2.24, 2.45) is 5.92 Å². The minimum atomic E-state index is -0.0543. The lowest BCUT2D eigenvalue weighted by Crippen LogP contribution is -2.35. The summed E-state index contributed by atoms with van der Waals surface area (Å²) >= 11 is 0. The summed E-state index contributed by atoms with van der Waals surface area (Å²) in [5.41, 5.74) is -0.0543. The number of aromatic nitrogens is 2. The van der Waals surface area contributed by atoms with Crippen LogP contribution in [0, 0.1) is 12.8 Å². The van der Waals surface area contributed by atoms with Crippen LogP contribution in [0.5, 0.6) is 0 Å². The Morgan fingerprint density at radius 2 is 2.43 bits per heavy atom. The number of nitrogens with zero attached hydrogens (tertiary/aromatic N) is 2. The molecular formula is C9H13N3O2. The second kappa shape index (κ2) is 2.77. The van der Waals surface area contributed by atoms with Crippen LogP contribution in [0.4, 0.5) is 0 Å². The van der Waals surface area contributed by atoms with E-state index >= 15 is 0 Å². The third kappa shape index (κ3) is 0.965. The highest BCUT2D eigenvalue weighted by Crippen LogP contribution is 2.39. The first-order valence-corrected chi connectivity index (χ1v) is 4.90. The van der Waals surface area contributed by atoms with Crippen molar-refractivity contribution in [1.82, 2.24) is 15.5 Å². The maximum atomic E-state index is 5.53. The van der Waals surface area contributed by atoms with Gasteiger partial charge in [0.05, 0.1) is 18.6 Å². The number of aryl methyl sites for hydroxylation is 1. The molecule has 2 fully saturated rings. The molecule has 3 heterocycles. The monoisotopic (exact) mass is 195 g/mol. The van der Waals surface area contributed by atoms with Gasteiger partial charge in [-0.1, -0.05) is 0 Å². The van der Waals surface area contributed by atoms with E-state index in [1.807, 2.05) is 6.92 Å². The van der Waals surface area contributed by atoms with Crippen LogP contribution in [-0.2, 0) is 10.2 Å². The molecular weight excluding hydrogens is 182 g/mol. The summed E-state index contributed by atoms with van der Waals surface area (Å²) in [6.45, 7) is 5.20. The maximum Gasteiger partial charge on any atom is 0.226 e. The van der Waals surface area contributed by atoms with Crippen molar-refractivity contribution in [3.05, 3.63) is 11.8 Å². The molecule has 0 aromatic carbocycles. The highest BCUT2D eigenvalue weighted by Gasteiger charge is 2.52. The number of hydrogen-bond donors (Lipinski definition) is 1. The van der Waals surface area contributed by atoms with Crippen molar-refractivity contribution in [3.63, 3.8) is 0 Å². The Hall–Kier alpha value is -0.940. The summed E-state index contributed by atoms with van der Waals surface area (Å²) in [4.78, 5) is 0. The molecule has 14 heavy (non-hydrogen) atoms. The smallest absolute Gasteiger partial charge is 0.226 e. The summed E-state index contributed by atoms with van der Waals surface area (Å²) in [5.74, 6) is 1.86. The highest BCUT2D eigenvalue weighted by atomic mass is 16.5. The van der Waals surface area contributed by atoms with E-state index in [4.69, 9.17) is 9.15 Å². The Balaban J connectivity index is 2.02. The third-order valence-electron chi connectivity index (χ3n) is 3.24. The predicted molar refractivity (Wildman–Crippen MR) is 47.9 cm³/mol. The Bertz CT molecular complexity index is 340. The topological polar surface area (TPSA) is 60.2 Å². The van der Waals surface area contributed by atoms with Crippen molar-refractivity contribution in [2.75, 3.05) is 26.3 Å². The SMILES string of the molecule is Cc1nnc([C@]23CNC[C@H]2COC3)o1. The second-order valence-electron chi connectivity index (χ2n) is 4.13. The minimum Gasteiger partial charge on any atom is -0.425 e. The van der Waals surface area contributed by atoms with Gasteiger partial charge < -0.3 is 14.5 Å². The first kappa shape index (κ1) is 8.38. The summed E-state index contributed by atoms with van der Waals surface area (Å²) in [5, 5.41) is 11.4. The van der Waals surface area contributed by atoms with Gasteiger partial charge in [-0.25, -0.2) is 0 Å². The van der Waals surface area contributed by atoms with E-state index in [1.54, 1.807) is 0 Å². The molecule has 2 atom stereocenters. The van der Waals surface area contributed by atoms with Gasteiger partial charge in [0, 0.05) is 25.9 Å². The largest absolute Gasteiger partial charge is 0.425 e. The van der Waals surface area contributed by atoms with Crippen LogP contribution in [0.2, 0.25) is 0 Å². The molecule has 2 saturated heterocycles. The van der Waals surface area contributed by atoms with E-state index in [-0.39, 0.29) is 5.41 Å². The second-order valence-corrected chi connectivity index (χ2v) is 4.13. The quantitative estimate of drug-likeness (QED) is 0.676. The zero-order valence-corrected chi connectivity index (χ0v) is 8.12. The Morgan fingerprint density at radius 3 is 3.21 bits per heavy atom. The van der Waals surface area contributed by atoms with Gasteiger partial charge in [0.1, 0.15) is 0 Å². The number of ether oxygens (including phenoxy) is 1. The van der Waals surface area contributed by atoms with Gasteiger partial charge in [-0.15, -0.1) is 10.2 Å². The van der Waals surface area contributed by atoms with Crippen molar-refractivity contribution >= 4 is 0 Å². The molecule has 5 heteroatoms. The molecule has 0 saturated carbocycles. The molecule has 2 aliphatic heterocycles. The number of fused-ring (bicyclic) bond motifs is 1. The molecule has 0 amide bonds. The summed E-state index contributed by atoms with van der Waals surface area (Å²) in [6, 6.07) is 0. The minimum absolute atomic E-state index is 0.0543.